The highest BCUT2D eigenvalue weighted by atomic mass is 15.3. The topological polar surface area (TPSA) is 6.48 Å². The first-order valence-electron chi connectivity index (χ1n) is 14.6. The van der Waals surface area contributed by atoms with Gasteiger partial charge in [0.05, 0.1) is 0 Å². The molecule has 222 valence electrons. The predicted octanol–water partition coefficient (Wildman–Crippen LogP) is 9.77. The lowest BCUT2D eigenvalue weighted by atomic mass is 9.83. The molecule has 0 aliphatic heterocycles. The fourth-order valence-corrected chi connectivity index (χ4v) is 7.82. The Morgan fingerprint density at radius 2 is 0.744 bits per heavy atom. The Morgan fingerprint density at radius 1 is 0.462 bits per heavy atom. The van der Waals surface area contributed by atoms with E-state index in [9.17, 15) is 0 Å². The third-order valence-electron chi connectivity index (χ3n) is 7.97. The molecule has 0 heterocycles. The van der Waals surface area contributed by atoms with E-state index < -0.39 is 0 Å². The van der Waals surface area contributed by atoms with Gasteiger partial charge in [-0.3, -0.25) is 9.80 Å². The van der Waals surface area contributed by atoms with Crippen molar-refractivity contribution in [3.63, 3.8) is 0 Å². The molecule has 2 aliphatic carbocycles. The molecular formula is C37H64N2. The lowest BCUT2D eigenvalue weighted by Gasteiger charge is -2.51. The summed E-state index contributed by atoms with van der Waals surface area (Å²) >= 11 is 0. The molecular weight excluding hydrogens is 472 g/mol. The lowest BCUT2D eigenvalue weighted by molar-refractivity contribution is -0.0106. The van der Waals surface area contributed by atoms with Gasteiger partial charge in [-0.25, -0.2) is 0 Å². The maximum absolute atomic E-state index is 2.72. The van der Waals surface area contributed by atoms with Crippen LogP contribution in [0.2, 0.25) is 0 Å². The average Bonchev–Trinajstić information content (AvgIpc) is 3.12. The fourth-order valence-electron chi connectivity index (χ4n) is 7.82. The second-order valence-electron chi connectivity index (χ2n) is 15.4. The van der Waals surface area contributed by atoms with Gasteiger partial charge in [0.15, 0.2) is 0 Å². The highest BCUT2D eigenvalue weighted by Gasteiger charge is 2.40. The Bertz CT molecular complexity index is 970. The first-order valence-corrected chi connectivity index (χ1v) is 14.6. The minimum atomic E-state index is 0. The van der Waals surface area contributed by atoms with Crippen molar-refractivity contribution in [2.24, 2.45) is 0 Å². The maximum atomic E-state index is 2.72. The second kappa shape index (κ2) is 12.9. The van der Waals surface area contributed by atoms with Crippen LogP contribution in [0, 0.1) is 0 Å². The molecule has 0 amide bonds. The fraction of sp³-hybridized carbons (Fsp3) is 0.676. The molecule has 0 saturated heterocycles. The van der Waals surface area contributed by atoms with Crippen LogP contribution in [0.5, 0.6) is 0 Å². The molecule has 2 heteroatoms. The number of fused-ring (bicyclic) bond motifs is 2. The van der Waals surface area contributed by atoms with Crippen molar-refractivity contribution in [1.29, 1.82) is 0 Å². The Balaban J connectivity index is 0.000000371. The first-order chi connectivity index (χ1) is 16.9. The van der Waals surface area contributed by atoms with Gasteiger partial charge in [-0.05, 0) is 137 Å². The Labute approximate surface area is 244 Å². The van der Waals surface area contributed by atoms with E-state index in [4.69, 9.17) is 0 Å². The van der Waals surface area contributed by atoms with E-state index in [1.54, 1.807) is 22.3 Å². The number of aryl methyl sites for hydroxylation is 1. The minimum Gasteiger partial charge on any atom is -0.290 e. The second-order valence-corrected chi connectivity index (χ2v) is 15.4. The standard InChI is InChI=1S/C18H29N.C17H27N.2CH4/c1-17(2,3)19(18(4,5)6)16-12-11-14-9-7-8-10-15(14)13-16;1-16(2,3)18(17(4,5)6)15-11-13-9-7-8-10-14(13)12-15;;/h7-10,16H,11-13H2,1-6H3;7-10,15H,11-12H2,1-6H3;2*1H4. The molecule has 1 atom stereocenters. The summed E-state index contributed by atoms with van der Waals surface area (Å²) < 4.78 is 0. The molecule has 39 heavy (non-hydrogen) atoms. The largest absolute Gasteiger partial charge is 0.290 e. The van der Waals surface area contributed by atoms with Gasteiger partial charge in [0.1, 0.15) is 0 Å². The number of nitrogens with zero attached hydrogens (tertiary/aromatic N) is 2. The van der Waals surface area contributed by atoms with Crippen LogP contribution in [0.1, 0.15) is 127 Å². The van der Waals surface area contributed by atoms with Gasteiger partial charge in [0, 0.05) is 34.2 Å². The average molecular weight is 537 g/mol. The van der Waals surface area contributed by atoms with Gasteiger partial charge >= 0.3 is 0 Å². The van der Waals surface area contributed by atoms with E-state index in [1.807, 2.05) is 0 Å². The molecule has 0 N–H and O–H groups in total. The van der Waals surface area contributed by atoms with Gasteiger partial charge in [0.25, 0.3) is 0 Å². The van der Waals surface area contributed by atoms with Crippen molar-refractivity contribution in [1.82, 2.24) is 9.80 Å². The van der Waals surface area contributed by atoms with Crippen LogP contribution in [-0.2, 0) is 25.7 Å². The summed E-state index contributed by atoms with van der Waals surface area (Å²) in [5.74, 6) is 0. The Morgan fingerprint density at radius 3 is 1.10 bits per heavy atom. The van der Waals surface area contributed by atoms with Gasteiger partial charge in [-0.1, -0.05) is 63.4 Å². The van der Waals surface area contributed by atoms with Crippen LogP contribution in [-0.4, -0.2) is 44.0 Å². The normalized spacial score (nSPS) is 17.9. The van der Waals surface area contributed by atoms with E-state index in [2.05, 4.69) is 141 Å². The van der Waals surface area contributed by atoms with E-state index in [-0.39, 0.29) is 37.0 Å². The van der Waals surface area contributed by atoms with Crippen LogP contribution in [0.25, 0.3) is 0 Å². The van der Waals surface area contributed by atoms with Crippen molar-refractivity contribution >= 4 is 0 Å². The Kier molecular flexibility index (Phi) is 11.7. The summed E-state index contributed by atoms with van der Waals surface area (Å²) in [6, 6.07) is 19.2. The number of hydrogen-bond acceptors (Lipinski definition) is 2. The zero-order valence-electron chi connectivity index (χ0n) is 26.2. The first kappa shape index (κ1) is 35.4. The molecule has 2 aromatic carbocycles. The van der Waals surface area contributed by atoms with Gasteiger partial charge in [-0.2, -0.15) is 0 Å². The molecule has 1 unspecified atom stereocenters. The van der Waals surface area contributed by atoms with Crippen molar-refractivity contribution < 1.29 is 0 Å². The molecule has 0 spiro atoms. The molecule has 0 aromatic heterocycles. The molecule has 4 rings (SSSR count). The van der Waals surface area contributed by atoms with Crippen LogP contribution >= 0.6 is 0 Å². The van der Waals surface area contributed by atoms with Gasteiger partial charge < -0.3 is 0 Å². The quantitative estimate of drug-likeness (QED) is 0.377. The molecule has 0 radical (unpaired) electrons. The number of benzene rings is 2. The van der Waals surface area contributed by atoms with Gasteiger partial charge in [-0.15, -0.1) is 0 Å². The van der Waals surface area contributed by atoms with Crippen molar-refractivity contribution in [3.05, 3.63) is 70.8 Å². The summed E-state index contributed by atoms with van der Waals surface area (Å²) in [5, 5.41) is 0. The van der Waals surface area contributed by atoms with Crippen LogP contribution in [0.3, 0.4) is 0 Å². The van der Waals surface area contributed by atoms with Crippen molar-refractivity contribution in [2.45, 2.75) is 164 Å². The molecule has 2 nitrogen and oxygen atoms in total. The molecule has 0 bridgehead atoms. The third-order valence-corrected chi connectivity index (χ3v) is 7.97. The van der Waals surface area contributed by atoms with Crippen LogP contribution < -0.4 is 0 Å². The summed E-state index contributed by atoms with van der Waals surface area (Å²) in [6.45, 7) is 28.1. The monoisotopic (exact) mass is 537 g/mol. The molecule has 0 saturated carbocycles. The predicted molar refractivity (Wildman–Crippen MR) is 176 cm³/mol. The van der Waals surface area contributed by atoms with Crippen LogP contribution in [0.15, 0.2) is 48.5 Å². The van der Waals surface area contributed by atoms with Crippen LogP contribution in [0.4, 0.5) is 0 Å². The zero-order valence-corrected chi connectivity index (χ0v) is 26.2. The highest BCUT2D eigenvalue weighted by molar-refractivity contribution is 5.34. The lowest BCUT2D eigenvalue weighted by Crippen LogP contribution is -2.58. The zero-order chi connectivity index (χ0) is 27.8. The third kappa shape index (κ3) is 8.92. The number of rotatable bonds is 2. The van der Waals surface area contributed by atoms with E-state index in [0.717, 1.165) is 0 Å². The molecule has 2 aromatic rings. The highest BCUT2D eigenvalue weighted by Crippen LogP contribution is 2.36. The maximum Gasteiger partial charge on any atom is 0.0187 e. The smallest absolute Gasteiger partial charge is 0.0187 e. The Hall–Kier alpha value is -1.64. The molecule has 0 fully saturated rings. The summed E-state index contributed by atoms with van der Waals surface area (Å²) in [6.07, 6.45) is 6.11. The van der Waals surface area contributed by atoms with Crippen molar-refractivity contribution in [2.75, 3.05) is 0 Å². The van der Waals surface area contributed by atoms with Gasteiger partial charge in [0.2, 0.25) is 0 Å². The molecule has 2 aliphatic rings. The van der Waals surface area contributed by atoms with E-state index in [1.165, 1.54) is 32.1 Å². The van der Waals surface area contributed by atoms with Crippen molar-refractivity contribution in [3.8, 4) is 0 Å². The minimum absolute atomic E-state index is 0. The van der Waals surface area contributed by atoms with E-state index in [0.29, 0.717) is 12.1 Å². The van der Waals surface area contributed by atoms with E-state index >= 15 is 0 Å². The SMILES string of the molecule is C.C.CC(C)(C)N(C1CCc2ccccc2C1)C(C)(C)C.CC(C)(C)N(C1Cc2ccccc2C1)C(C)(C)C. The summed E-state index contributed by atoms with van der Waals surface area (Å²) in [5.41, 5.74) is 7.06. The number of hydrogen-bond donors (Lipinski definition) is 0. The summed E-state index contributed by atoms with van der Waals surface area (Å²) in [7, 11) is 0. The summed E-state index contributed by atoms with van der Waals surface area (Å²) in [4.78, 5) is 5.41.